The van der Waals surface area contributed by atoms with Crippen molar-refractivity contribution >= 4 is 23.4 Å². The van der Waals surface area contributed by atoms with Gasteiger partial charge in [0.15, 0.2) is 11.0 Å². The number of rotatable bonds is 6. The molecule has 156 valence electrons. The van der Waals surface area contributed by atoms with Crippen molar-refractivity contribution in [2.75, 3.05) is 5.32 Å². The van der Waals surface area contributed by atoms with Crippen LogP contribution in [-0.4, -0.2) is 25.9 Å². The van der Waals surface area contributed by atoms with E-state index in [2.05, 4.69) is 15.5 Å². The lowest BCUT2D eigenvalue weighted by Gasteiger charge is -2.15. The summed E-state index contributed by atoms with van der Waals surface area (Å²) in [4.78, 5) is 12.9. The standard InChI is InChI=1S/C24H21FN4OS/c1-16(31-24-28-27-22(29(24)2)18-12-14-19(25)15-13-18)23(30)26-21-11-7-6-10-20(21)17-8-4-3-5-9-17/h3-16H,1-2H3,(H,26,30)/t16-/m1/s1. The minimum Gasteiger partial charge on any atom is -0.325 e. The molecule has 0 fully saturated rings. The molecule has 1 atom stereocenters. The van der Waals surface area contributed by atoms with E-state index >= 15 is 0 Å². The molecular formula is C24H21FN4OS. The van der Waals surface area contributed by atoms with Gasteiger partial charge >= 0.3 is 0 Å². The average molecular weight is 433 g/mol. The molecule has 1 heterocycles. The van der Waals surface area contributed by atoms with Crippen LogP contribution < -0.4 is 5.32 Å². The normalized spacial score (nSPS) is 11.8. The van der Waals surface area contributed by atoms with E-state index in [9.17, 15) is 9.18 Å². The molecule has 31 heavy (non-hydrogen) atoms. The quantitative estimate of drug-likeness (QED) is 0.414. The number of anilines is 1. The molecule has 4 aromatic rings. The Balaban J connectivity index is 1.49. The van der Waals surface area contributed by atoms with Crippen molar-refractivity contribution in [2.24, 2.45) is 7.05 Å². The number of benzene rings is 3. The number of carbonyl (C=O) groups is 1. The molecular weight excluding hydrogens is 411 g/mol. The van der Waals surface area contributed by atoms with Gasteiger partial charge in [-0.05, 0) is 42.8 Å². The van der Waals surface area contributed by atoms with E-state index in [4.69, 9.17) is 0 Å². The molecule has 0 radical (unpaired) electrons. The number of hydrogen-bond acceptors (Lipinski definition) is 4. The number of aromatic nitrogens is 3. The Morgan fingerprint density at radius 2 is 1.61 bits per heavy atom. The third-order valence-corrected chi connectivity index (χ3v) is 5.99. The second-order valence-corrected chi connectivity index (χ2v) is 8.34. The van der Waals surface area contributed by atoms with Crippen LogP contribution in [0, 0.1) is 5.82 Å². The van der Waals surface area contributed by atoms with Crippen LogP contribution in [0.5, 0.6) is 0 Å². The van der Waals surface area contributed by atoms with E-state index in [1.807, 2.05) is 68.6 Å². The predicted octanol–water partition coefficient (Wildman–Crippen LogP) is 5.41. The molecule has 0 aliphatic rings. The lowest BCUT2D eigenvalue weighted by molar-refractivity contribution is -0.115. The van der Waals surface area contributed by atoms with Gasteiger partial charge in [0.1, 0.15) is 5.82 Å². The van der Waals surface area contributed by atoms with Gasteiger partial charge in [0.2, 0.25) is 5.91 Å². The van der Waals surface area contributed by atoms with Gasteiger partial charge in [0.25, 0.3) is 0 Å². The smallest absolute Gasteiger partial charge is 0.237 e. The van der Waals surface area contributed by atoms with Gasteiger partial charge in [0.05, 0.1) is 5.25 Å². The fourth-order valence-corrected chi connectivity index (χ4v) is 3.99. The maximum Gasteiger partial charge on any atom is 0.237 e. The summed E-state index contributed by atoms with van der Waals surface area (Å²) in [6, 6.07) is 23.8. The third kappa shape index (κ3) is 4.67. The van der Waals surface area contributed by atoms with E-state index < -0.39 is 5.25 Å². The van der Waals surface area contributed by atoms with Gasteiger partial charge in [-0.3, -0.25) is 4.79 Å². The molecule has 5 nitrogen and oxygen atoms in total. The SMILES string of the molecule is C[C@@H](Sc1nnc(-c2ccc(F)cc2)n1C)C(=O)Nc1ccccc1-c1ccccc1. The van der Waals surface area contributed by atoms with Crippen LogP contribution in [0.2, 0.25) is 0 Å². The topological polar surface area (TPSA) is 59.8 Å². The van der Waals surface area contributed by atoms with Gasteiger partial charge in [-0.25, -0.2) is 4.39 Å². The van der Waals surface area contributed by atoms with Gasteiger partial charge in [-0.2, -0.15) is 0 Å². The fourth-order valence-electron chi connectivity index (χ4n) is 3.18. The number of amides is 1. The number of halogens is 1. The lowest BCUT2D eigenvalue weighted by atomic mass is 10.0. The molecule has 0 aliphatic heterocycles. The first-order chi connectivity index (χ1) is 15.0. The Kier molecular flexibility index (Phi) is 6.13. The molecule has 0 aliphatic carbocycles. The summed E-state index contributed by atoms with van der Waals surface area (Å²) in [5.74, 6) is 0.186. The average Bonchev–Trinajstić information content (AvgIpc) is 3.15. The zero-order chi connectivity index (χ0) is 21.8. The van der Waals surface area contributed by atoms with Crippen LogP contribution in [0.1, 0.15) is 6.92 Å². The molecule has 0 spiro atoms. The first kappa shape index (κ1) is 20.8. The molecule has 0 saturated carbocycles. The summed E-state index contributed by atoms with van der Waals surface area (Å²) < 4.78 is 15.0. The molecule has 7 heteroatoms. The van der Waals surface area contributed by atoms with E-state index in [1.165, 1.54) is 23.9 Å². The number of thioether (sulfide) groups is 1. The number of para-hydroxylation sites is 1. The second kappa shape index (κ2) is 9.14. The zero-order valence-corrected chi connectivity index (χ0v) is 17.9. The minimum atomic E-state index is -0.396. The van der Waals surface area contributed by atoms with E-state index in [1.54, 1.807) is 16.7 Å². The van der Waals surface area contributed by atoms with Crippen LogP contribution >= 0.6 is 11.8 Å². The molecule has 4 rings (SSSR count). The highest BCUT2D eigenvalue weighted by atomic mass is 32.2. The van der Waals surface area contributed by atoms with Gasteiger partial charge in [-0.15, -0.1) is 10.2 Å². The highest BCUT2D eigenvalue weighted by Crippen LogP contribution is 2.30. The van der Waals surface area contributed by atoms with Gasteiger partial charge < -0.3 is 9.88 Å². The monoisotopic (exact) mass is 432 g/mol. The van der Waals surface area contributed by atoms with Crippen LogP contribution in [0.15, 0.2) is 84.0 Å². The highest BCUT2D eigenvalue weighted by Gasteiger charge is 2.20. The van der Waals surface area contributed by atoms with Crippen LogP contribution in [0.4, 0.5) is 10.1 Å². The maximum absolute atomic E-state index is 13.2. The van der Waals surface area contributed by atoms with Crippen LogP contribution in [-0.2, 0) is 11.8 Å². The summed E-state index contributed by atoms with van der Waals surface area (Å²) in [6.45, 7) is 1.83. The highest BCUT2D eigenvalue weighted by molar-refractivity contribution is 8.00. The Morgan fingerprint density at radius 3 is 2.35 bits per heavy atom. The van der Waals surface area contributed by atoms with E-state index in [0.717, 1.165) is 22.4 Å². The van der Waals surface area contributed by atoms with Gasteiger partial charge in [-0.1, -0.05) is 60.3 Å². The van der Waals surface area contributed by atoms with Crippen LogP contribution in [0.25, 0.3) is 22.5 Å². The Morgan fingerprint density at radius 1 is 0.935 bits per heavy atom. The van der Waals surface area contributed by atoms with Crippen molar-refractivity contribution in [3.8, 4) is 22.5 Å². The van der Waals surface area contributed by atoms with Crippen molar-refractivity contribution in [2.45, 2.75) is 17.3 Å². The molecule has 0 saturated heterocycles. The summed E-state index contributed by atoms with van der Waals surface area (Å²) >= 11 is 1.32. The molecule has 1 N–H and O–H groups in total. The second-order valence-electron chi connectivity index (χ2n) is 7.03. The Bertz CT molecular complexity index is 1190. The molecule has 0 unspecified atom stereocenters. The largest absolute Gasteiger partial charge is 0.325 e. The fraction of sp³-hybridized carbons (Fsp3) is 0.125. The summed E-state index contributed by atoms with van der Waals surface area (Å²) in [7, 11) is 1.83. The number of nitrogens with one attached hydrogen (secondary N) is 1. The van der Waals surface area contributed by atoms with E-state index in [-0.39, 0.29) is 11.7 Å². The van der Waals surface area contributed by atoms with Crippen molar-refractivity contribution in [1.82, 2.24) is 14.8 Å². The molecule has 3 aromatic carbocycles. The first-order valence-electron chi connectivity index (χ1n) is 9.80. The summed E-state index contributed by atoms with van der Waals surface area (Å²) in [5.41, 5.74) is 3.52. The Hall–Kier alpha value is -3.45. The van der Waals surface area contributed by atoms with Crippen molar-refractivity contribution in [1.29, 1.82) is 0 Å². The van der Waals surface area contributed by atoms with Crippen molar-refractivity contribution in [3.05, 3.63) is 84.7 Å². The van der Waals surface area contributed by atoms with E-state index in [0.29, 0.717) is 11.0 Å². The molecule has 1 aromatic heterocycles. The number of hydrogen-bond donors (Lipinski definition) is 1. The molecule has 1 amide bonds. The lowest BCUT2D eigenvalue weighted by Crippen LogP contribution is -2.23. The summed E-state index contributed by atoms with van der Waals surface area (Å²) in [6.07, 6.45) is 0. The zero-order valence-electron chi connectivity index (χ0n) is 17.1. The van der Waals surface area contributed by atoms with Crippen molar-refractivity contribution < 1.29 is 9.18 Å². The Labute approximate surface area is 184 Å². The van der Waals surface area contributed by atoms with Crippen LogP contribution in [0.3, 0.4) is 0 Å². The minimum absolute atomic E-state index is 0.125. The summed E-state index contributed by atoms with van der Waals surface area (Å²) in [5, 5.41) is 11.7. The van der Waals surface area contributed by atoms with Crippen molar-refractivity contribution in [3.63, 3.8) is 0 Å². The number of carbonyl (C=O) groups excluding carboxylic acids is 1. The molecule has 0 bridgehead atoms. The van der Waals surface area contributed by atoms with Gasteiger partial charge in [0, 0.05) is 23.9 Å². The number of nitrogens with zero attached hydrogens (tertiary/aromatic N) is 3. The predicted molar refractivity (Wildman–Crippen MR) is 122 cm³/mol. The first-order valence-corrected chi connectivity index (χ1v) is 10.7. The third-order valence-electron chi connectivity index (χ3n) is 4.86. The maximum atomic E-state index is 13.2.